The molecule has 0 atom stereocenters. The monoisotopic (exact) mass is 270 g/mol. The molecular weight excluding hydrogens is 256 g/mol. The molecule has 0 saturated carbocycles. The van der Waals surface area contributed by atoms with E-state index in [0.29, 0.717) is 5.69 Å². The van der Waals surface area contributed by atoms with Crippen LogP contribution in [0.25, 0.3) is 0 Å². The maximum absolute atomic E-state index is 11.3. The van der Waals surface area contributed by atoms with Crippen LogP contribution in [0, 0.1) is 5.41 Å². The van der Waals surface area contributed by atoms with Crippen molar-refractivity contribution in [2.75, 3.05) is 11.9 Å². The van der Waals surface area contributed by atoms with Gasteiger partial charge in [-0.3, -0.25) is 9.59 Å². The number of carboxylic acids is 1. The first-order valence-corrected chi connectivity index (χ1v) is 5.69. The van der Waals surface area contributed by atoms with Crippen molar-refractivity contribution in [1.82, 2.24) is 0 Å². The molecule has 0 unspecified atom stereocenters. The first kappa shape index (κ1) is 14.3. The number of nitrogens with one attached hydrogen (secondary N) is 1. The Hall–Kier alpha value is -1.75. The SMILES string of the molecule is CC(C)(CNc1cccc(Cl)c1C(N)=O)C(=O)O. The number of hydrogen-bond donors (Lipinski definition) is 3. The summed E-state index contributed by atoms with van der Waals surface area (Å²) in [7, 11) is 0. The topological polar surface area (TPSA) is 92.4 Å². The average molecular weight is 271 g/mol. The zero-order chi connectivity index (χ0) is 13.9. The summed E-state index contributed by atoms with van der Waals surface area (Å²) in [5.74, 6) is -1.59. The molecule has 1 rings (SSSR count). The van der Waals surface area contributed by atoms with Gasteiger partial charge in [0.2, 0.25) is 0 Å². The third-order valence-electron chi connectivity index (χ3n) is 2.56. The molecule has 0 aromatic heterocycles. The van der Waals surface area contributed by atoms with E-state index < -0.39 is 17.3 Å². The summed E-state index contributed by atoms with van der Waals surface area (Å²) in [5.41, 5.74) is 4.88. The Labute approximate surface area is 110 Å². The molecule has 0 aliphatic rings. The number of carboxylic acid groups (broad SMARTS) is 1. The van der Waals surface area contributed by atoms with Gasteiger partial charge in [-0.1, -0.05) is 17.7 Å². The number of amides is 1. The fraction of sp³-hybridized carbons (Fsp3) is 0.333. The minimum absolute atomic E-state index is 0.156. The molecule has 6 heteroatoms. The van der Waals surface area contributed by atoms with Gasteiger partial charge in [0.15, 0.2) is 0 Å². The van der Waals surface area contributed by atoms with Gasteiger partial charge >= 0.3 is 5.97 Å². The standard InChI is InChI=1S/C12H15ClN2O3/c1-12(2,11(17)18)6-15-8-5-3-4-7(13)9(8)10(14)16/h3-5,15H,6H2,1-2H3,(H2,14,16)(H,17,18). The van der Waals surface area contributed by atoms with Crippen LogP contribution in [0.4, 0.5) is 5.69 Å². The van der Waals surface area contributed by atoms with Gasteiger partial charge in [-0.15, -0.1) is 0 Å². The third kappa shape index (κ3) is 3.13. The number of primary amides is 1. The Kier molecular flexibility index (Phi) is 4.19. The van der Waals surface area contributed by atoms with E-state index in [1.165, 1.54) is 0 Å². The van der Waals surface area contributed by atoms with Crippen LogP contribution in [0.3, 0.4) is 0 Å². The highest BCUT2D eigenvalue weighted by Gasteiger charge is 2.27. The molecule has 0 saturated heterocycles. The number of carbonyl (C=O) groups is 2. The molecule has 0 aliphatic heterocycles. The number of aliphatic carboxylic acids is 1. The number of nitrogens with two attached hydrogens (primary N) is 1. The Bertz CT molecular complexity index is 486. The molecule has 1 amide bonds. The van der Waals surface area contributed by atoms with Gasteiger partial charge in [-0.05, 0) is 26.0 Å². The van der Waals surface area contributed by atoms with E-state index >= 15 is 0 Å². The normalized spacial score (nSPS) is 11.1. The van der Waals surface area contributed by atoms with Crippen LogP contribution in [0.1, 0.15) is 24.2 Å². The van der Waals surface area contributed by atoms with Crippen molar-refractivity contribution in [1.29, 1.82) is 0 Å². The van der Waals surface area contributed by atoms with Crippen LogP contribution in [-0.2, 0) is 4.79 Å². The second-order valence-electron chi connectivity index (χ2n) is 4.57. The second-order valence-corrected chi connectivity index (χ2v) is 4.98. The van der Waals surface area contributed by atoms with Gasteiger partial charge in [0.25, 0.3) is 5.91 Å². The molecule has 1 aromatic rings. The van der Waals surface area contributed by atoms with Crippen molar-refractivity contribution in [2.45, 2.75) is 13.8 Å². The number of carbonyl (C=O) groups excluding carboxylic acids is 1. The minimum atomic E-state index is -0.961. The van der Waals surface area contributed by atoms with Crippen molar-refractivity contribution in [3.05, 3.63) is 28.8 Å². The Morgan fingerprint density at radius 2 is 2.06 bits per heavy atom. The molecule has 1 aromatic carbocycles. The maximum Gasteiger partial charge on any atom is 0.310 e. The van der Waals surface area contributed by atoms with Gasteiger partial charge in [0, 0.05) is 12.2 Å². The summed E-state index contributed by atoms with van der Waals surface area (Å²) in [6.45, 7) is 3.32. The quantitative estimate of drug-likeness (QED) is 0.762. The molecule has 0 radical (unpaired) electrons. The van der Waals surface area contributed by atoms with Crippen LogP contribution in [0.5, 0.6) is 0 Å². The fourth-order valence-electron chi connectivity index (χ4n) is 1.31. The average Bonchev–Trinajstić information content (AvgIpc) is 2.25. The van der Waals surface area contributed by atoms with Gasteiger partial charge in [-0.2, -0.15) is 0 Å². The summed E-state index contributed by atoms with van der Waals surface area (Å²) in [4.78, 5) is 22.3. The zero-order valence-corrected chi connectivity index (χ0v) is 10.9. The summed E-state index contributed by atoms with van der Waals surface area (Å²) >= 11 is 5.88. The molecule has 4 N–H and O–H groups in total. The van der Waals surface area contributed by atoms with Crippen LogP contribution >= 0.6 is 11.6 Å². The molecule has 0 heterocycles. The predicted molar refractivity (Wildman–Crippen MR) is 69.9 cm³/mol. The summed E-state index contributed by atoms with van der Waals surface area (Å²) in [6.07, 6.45) is 0. The Morgan fingerprint density at radius 1 is 1.44 bits per heavy atom. The van der Waals surface area contributed by atoms with Crippen molar-refractivity contribution < 1.29 is 14.7 Å². The highest BCUT2D eigenvalue weighted by atomic mass is 35.5. The number of hydrogen-bond acceptors (Lipinski definition) is 3. The van der Waals surface area contributed by atoms with Crippen molar-refractivity contribution >= 4 is 29.2 Å². The minimum Gasteiger partial charge on any atom is -0.481 e. The van der Waals surface area contributed by atoms with Crippen molar-refractivity contribution in [3.63, 3.8) is 0 Å². The van der Waals surface area contributed by atoms with Crippen LogP contribution in [0.15, 0.2) is 18.2 Å². The highest BCUT2D eigenvalue weighted by molar-refractivity contribution is 6.34. The molecule has 5 nitrogen and oxygen atoms in total. The van der Waals surface area contributed by atoms with Crippen LogP contribution in [0.2, 0.25) is 5.02 Å². The van der Waals surface area contributed by atoms with Crippen molar-refractivity contribution in [2.24, 2.45) is 11.1 Å². The lowest BCUT2D eigenvalue weighted by atomic mass is 9.93. The predicted octanol–water partition coefficient (Wildman–Crippen LogP) is 1.96. The third-order valence-corrected chi connectivity index (χ3v) is 2.87. The molecule has 98 valence electrons. The van der Waals surface area contributed by atoms with Crippen LogP contribution < -0.4 is 11.1 Å². The summed E-state index contributed by atoms with van der Waals surface area (Å²) in [5, 5.41) is 12.1. The Morgan fingerprint density at radius 3 is 2.56 bits per heavy atom. The van der Waals surface area contributed by atoms with Gasteiger partial charge in [-0.25, -0.2) is 0 Å². The largest absolute Gasteiger partial charge is 0.481 e. The van der Waals surface area contributed by atoms with Gasteiger partial charge < -0.3 is 16.2 Å². The second kappa shape index (κ2) is 5.27. The molecule has 0 spiro atoms. The molecule has 0 aliphatic carbocycles. The van der Waals surface area contributed by atoms with E-state index in [4.69, 9.17) is 22.4 Å². The fourth-order valence-corrected chi connectivity index (χ4v) is 1.58. The number of anilines is 1. The van der Waals surface area contributed by atoms with E-state index in [0.717, 1.165) is 0 Å². The number of halogens is 1. The van der Waals surface area contributed by atoms with E-state index in [-0.39, 0.29) is 17.1 Å². The molecule has 0 bridgehead atoms. The van der Waals surface area contributed by atoms with E-state index in [9.17, 15) is 9.59 Å². The zero-order valence-electron chi connectivity index (χ0n) is 10.2. The number of rotatable bonds is 5. The van der Waals surface area contributed by atoms with Gasteiger partial charge in [0.05, 0.1) is 16.0 Å². The first-order chi connectivity index (χ1) is 8.25. The van der Waals surface area contributed by atoms with E-state index in [1.54, 1.807) is 32.0 Å². The lowest BCUT2D eigenvalue weighted by molar-refractivity contribution is -0.146. The lowest BCUT2D eigenvalue weighted by Crippen LogP contribution is -2.32. The maximum atomic E-state index is 11.3. The lowest BCUT2D eigenvalue weighted by Gasteiger charge is -2.21. The number of benzene rings is 1. The molecular formula is C12H15ClN2O3. The summed E-state index contributed by atoms with van der Waals surface area (Å²) in [6, 6.07) is 4.84. The van der Waals surface area contributed by atoms with Crippen molar-refractivity contribution in [3.8, 4) is 0 Å². The summed E-state index contributed by atoms with van der Waals surface area (Å²) < 4.78 is 0. The van der Waals surface area contributed by atoms with Crippen LogP contribution in [-0.4, -0.2) is 23.5 Å². The van der Waals surface area contributed by atoms with E-state index in [2.05, 4.69) is 5.32 Å². The smallest absolute Gasteiger partial charge is 0.310 e. The molecule has 18 heavy (non-hydrogen) atoms. The Balaban J connectivity index is 2.96. The highest BCUT2D eigenvalue weighted by Crippen LogP contribution is 2.25. The first-order valence-electron chi connectivity index (χ1n) is 5.31. The van der Waals surface area contributed by atoms with E-state index in [1.807, 2.05) is 0 Å². The van der Waals surface area contributed by atoms with Gasteiger partial charge in [0.1, 0.15) is 0 Å². The molecule has 0 fully saturated rings.